The number of rotatable bonds is 0. The molecule has 0 aliphatic carbocycles. The smallest absolute Gasteiger partial charge is 0.0471 e. The topological polar surface area (TPSA) is 3.24 Å². The molecule has 0 aromatic heterocycles. The second kappa shape index (κ2) is 2.91. The predicted molar refractivity (Wildman–Crippen MR) is 58.0 cm³/mol. The quantitative estimate of drug-likeness (QED) is 0.583. The molecule has 1 aromatic carbocycles. The van der Waals surface area contributed by atoms with Gasteiger partial charge in [0, 0.05) is 18.8 Å². The highest BCUT2D eigenvalue weighted by Gasteiger charge is 2.18. The number of hydrogen-bond donors (Lipinski definition) is 0. The van der Waals surface area contributed by atoms with E-state index < -0.39 is 0 Å². The van der Waals surface area contributed by atoms with Gasteiger partial charge >= 0.3 is 0 Å². The normalized spacial score (nSPS) is 21.0. The lowest BCUT2D eigenvalue weighted by Gasteiger charge is -2.33. The van der Waals surface area contributed by atoms with Crippen molar-refractivity contribution < 1.29 is 0 Å². The average molecular weight is 173 g/mol. The van der Waals surface area contributed by atoms with Crippen molar-refractivity contribution in [2.24, 2.45) is 0 Å². The second-order valence-electron chi connectivity index (χ2n) is 3.73. The molecule has 1 heteroatoms. The van der Waals surface area contributed by atoms with Gasteiger partial charge in [0.15, 0.2) is 0 Å². The van der Waals surface area contributed by atoms with E-state index in [4.69, 9.17) is 0 Å². The first-order valence-electron chi connectivity index (χ1n) is 4.70. The molecular weight excluding hydrogens is 158 g/mol. The first-order valence-corrected chi connectivity index (χ1v) is 4.70. The van der Waals surface area contributed by atoms with Gasteiger partial charge in [0.05, 0.1) is 0 Å². The van der Waals surface area contributed by atoms with Gasteiger partial charge in [-0.25, -0.2) is 0 Å². The van der Waals surface area contributed by atoms with E-state index in [9.17, 15) is 0 Å². The van der Waals surface area contributed by atoms with Crippen LogP contribution in [0, 0.1) is 0 Å². The summed E-state index contributed by atoms with van der Waals surface area (Å²) in [6, 6.07) is 9.05. The van der Waals surface area contributed by atoms with Gasteiger partial charge in [0.2, 0.25) is 0 Å². The Morgan fingerprint density at radius 3 is 2.69 bits per heavy atom. The van der Waals surface area contributed by atoms with E-state index in [2.05, 4.69) is 56.1 Å². The molecule has 0 bridgehead atoms. The minimum Gasteiger partial charge on any atom is -0.368 e. The van der Waals surface area contributed by atoms with Gasteiger partial charge in [-0.05, 0) is 25.5 Å². The average Bonchev–Trinajstić information content (AvgIpc) is 2.15. The van der Waals surface area contributed by atoms with Crippen LogP contribution in [0.15, 0.2) is 29.8 Å². The molecule has 0 saturated heterocycles. The summed E-state index contributed by atoms with van der Waals surface area (Å²) in [6.45, 7) is 4.43. The summed E-state index contributed by atoms with van der Waals surface area (Å²) in [7, 11) is 2.15. The van der Waals surface area contributed by atoms with E-state index in [0.717, 1.165) is 0 Å². The standard InChI is InChI=1S/C12H15N/c1-9-8-11-6-4-5-7-12(11)13(3)10(9)2/h4-8,10H,1-3H3/t10-/m0/s1. The molecule has 0 unspecified atom stereocenters. The fourth-order valence-corrected chi connectivity index (χ4v) is 1.81. The fraction of sp³-hybridized carbons (Fsp3) is 0.333. The van der Waals surface area contributed by atoms with Gasteiger partial charge in [-0.15, -0.1) is 0 Å². The Hall–Kier alpha value is -1.24. The monoisotopic (exact) mass is 173 g/mol. The van der Waals surface area contributed by atoms with E-state index in [-0.39, 0.29) is 0 Å². The van der Waals surface area contributed by atoms with Gasteiger partial charge in [-0.2, -0.15) is 0 Å². The van der Waals surface area contributed by atoms with Crippen molar-refractivity contribution in [2.75, 3.05) is 11.9 Å². The van der Waals surface area contributed by atoms with Gasteiger partial charge < -0.3 is 4.90 Å². The lowest BCUT2D eigenvalue weighted by atomic mass is 9.98. The minimum absolute atomic E-state index is 0.523. The Labute approximate surface area is 79.7 Å². The number of benzene rings is 1. The molecular formula is C12H15N. The summed E-state index contributed by atoms with van der Waals surface area (Å²) in [6.07, 6.45) is 2.28. The maximum absolute atomic E-state index is 2.32. The molecule has 0 radical (unpaired) electrons. The largest absolute Gasteiger partial charge is 0.368 e. The Morgan fingerprint density at radius 1 is 1.23 bits per heavy atom. The molecule has 0 spiro atoms. The molecule has 0 amide bonds. The number of fused-ring (bicyclic) bond motifs is 1. The van der Waals surface area contributed by atoms with Crippen LogP contribution in [0.25, 0.3) is 6.08 Å². The first-order chi connectivity index (χ1) is 6.20. The number of nitrogens with zero attached hydrogens (tertiary/aromatic N) is 1. The zero-order chi connectivity index (χ0) is 9.42. The van der Waals surface area contributed by atoms with Crippen molar-refractivity contribution in [3.8, 4) is 0 Å². The lowest BCUT2D eigenvalue weighted by molar-refractivity contribution is 0.774. The van der Waals surface area contributed by atoms with Crippen LogP contribution in [0.1, 0.15) is 19.4 Å². The molecule has 1 nitrogen and oxygen atoms in total. The van der Waals surface area contributed by atoms with Crippen LogP contribution in [0.5, 0.6) is 0 Å². The summed E-state index contributed by atoms with van der Waals surface area (Å²) >= 11 is 0. The van der Waals surface area contributed by atoms with E-state index in [1.807, 2.05) is 0 Å². The van der Waals surface area contributed by atoms with Crippen molar-refractivity contribution in [1.82, 2.24) is 0 Å². The molecule has 1 aromatic rings. The summed E-state index contributed by atoms with van der Waals surface area (Å²) in [4.78, 5) is 2.32. The highest BCUT2D eigenvalue weighted by Crippen LogP contribution is 2.30. The van der Waals surface area contributed by atoms with E-state index in [1.165, 1.54) is 16.8 Å². The van der Waals surface area contributed by atoms with E-state index in [1.54, 1.807) is 0 Å². The van der Waals surface area contributed by atoms with E-state index in [0.29, 0.717) is 6.04 Å². The van der Waals surface area contributed by atoms with Gasteiger partial charge in [-0.1, -0.05) is 29.8 Å². The Bertz CT molecular complexity index is 352. The van der Waals surface area contributed by atoms with Crippen LogP contribution in [0.2, 0.25) is 0 Å². The Morgan fingerprint density at radius 2 is 1.92 bits per heavy atom. The zero-order valence-electron chi connectivity index (χ0n) is 8.41. The highest BCUT2D eigenvalue weighted by molar-refractivity contribution is 5.73. The predicted octanol–water partition coefficient (Wildman–Crippen LogP) is 2.93. The van der Waals surface area contributed by atoms with Gasteiger partial charge in [-0.3, -0.25) is 0 Å². The number of para-hydroxylation sites is 1. The molecule has 1 aliphatic heterocycles. The minimum atomic E-state index is 0.523. The van der Waals surface area contributed by atoms with Crippen molar-refractivity contribution in [2.45, 2.75) is 19.9 Å². The van der Waals surface area contributed by atoms with Crippen molar-refractivity contribution in [1.29, 1.82) is 0 Å². The maximum Gasteiger partial charge on any atom is 0.0471 e. The van der Waals surface area contributed by atoms with Crippen LogP contribution in [-0.4, -0.2) is 13.1 Å². The maximum atomic E-state index is 2.32. The molecule has 68 valence electrons. The van der Waals surface area contributed by atoms with Crippen LogP contribution in [0.4, 0.5) is 5.69 Å². The SMILES string of the molecule is CC1=Cc2ccccc2N(C)[C@H]1C. The molecule has 0 saturated carbocycles. The molecule has 0 fully saturated rings. The highest BCUT2D eigenvalue weighted by atomic mass is 15.1. The van der Waals surface area contributed by atoms with Crippen molar-refractivity contribution >= 4 is 11.8 Å². The molecule has 1 atom stereocenters. The fourth-order valence-electron chi connectivity index (χ4n) is 1.81. The lowest BCUT2D eigenvalue weighted by Crippen LogP contribution is -2.32. The Kier molecular flexibility index (Phi) is 1.87. The first kappa shape index (κ1) is 8.36. The third-order valence-corrected chi connectivity index (χ3v) is 2.94. The number of hydrogen-bond acceptors (Lipinski definition) is 1. The van der Waals surface area contributed by atoms with Crippen LogP contribution in [-0.2, 0) is 0 Å². The van der Waals surface area contributed by atoms with Crippen molar-refractivity contribution in [3.05, 3.63) is 35.4 Å². The van der Waals surface area contributed by atoms with E-state index >= 15 is 0 Å². The summed E-state index contributed by atoms with van der Waals surface area (Å²) in [5.41, 5.74) is 4.10. The van der Waals surface area contributed by atoms with Crippen molar-refractivity contribution in [3.63, 3.8) is 0 Å². The second-order valence-corrected chi connectivity index (χ2v) is 3.73. The third-order valence-electron chi connectivity index (χ3n) is 2.94. The third kappa shape index (κ3) is 1.24. The molecule has 2 rings (SSSR count). The number of likely N-dealkylation sites (N-methyl/N-ethyl adjacent to an activating group) is 1. The summed E-state index contributed by atoms with van der Waals surface area (Å²) in [5.74, 6) is 0. The molecule has 1 heterocycles. The molecule has 0 N–H and O–H groups in total. The Balaban J connectivity index is 2.56. The number of anilines is 1. The van der Waals surface area contributed by atoms with Crippen LogP contribution >= 0.6 is 0 Å². The summed E-state index contributed by atoms with van der Waals surface area (Å²) in [5, 5.41) is 0. The zero-order valence-corrected chi connectivity index (χ0v) is 8.41. The molecule has 13 heavy (non-hydrogen) atoms. The molecule has 1 aliphatic rings. The van der Waals surface area contributed by atoms with Crippen LogP contribution in [0.3, 0.4) is 0 Å². The summed E-state index contributed by atoms with van der Waals surface area (Å²) < 4.78 is 0. The van der Waals surface area contributed by atoms with Gasteiger partial charge in [0.1, 0.15) is 0 Å². The van der Waals surface area contributed by atoms with Gasteiger partial charge in [0.25, 0.3) is 0 Å². The van der Waals surface area contributed by atoms with Crippen LogP contribution < -0.4 is 4.90 Å².